The molecule has 1 aromatic carbocycles. The molecule has 0 radical (unpaired) electrons. The molecule has 0 aromatic heterocycles. The fraction of sp³-hybridized carbons (Fsp3) is 0.533. The first-order chi connectivity index (χ1) is 9.19. The molecule has 1 amide bonds. The second-order valence-corrected chi connectivity index (χ2v) is 5.04. The van der Waals surface area contributed by atoms with Gasteiger partial charge >= 0.3 is 0 Å². The Labute approximate surface area is 114 Å². The van der Waals surface area contributed by atoms with Gasteiger partial charge in [-0.1, -0.05) is 12.1 Å². The van der Waals surface area contributed by atoms with Crippen molar-refractivity contribution in [1.82, 2.24) is 10.6 Å². The minimum atomic E-state index is 0.146. The fourth-order valence-corrected chi connectivity index (χ4v) is 1.96. The van der Waals surface area contributed by atoms with E-state index in [2.05, 4.69) is 23.6 Å². The maximum Gasteiger partial charge on any atom is 0.221 e. The Morgan fingerprint density at radius 2 is 2.26 bits per heavy atom. The Morgan fingerprint density at radius 3 is 2.95 bits per heavy atom. The summed E-state index contributed by atoms with van der Waals surface area (Å²) in [5, 5.41) is 6.35. The molecule has 19 heavy (non-hydrogen) atoms. The maximum atomic E-state index is 11.5. The third-order valence-electron chi connectivity index (χ3n) is 3.34. The minimum absolute atomic E-state index is 0.146. The fourth-order valence-electron chi connectivity index (χ4n) is 1.96. The number of nitrogens with one attached hydrogen (secondary N) is 2. The first-order valence-corrected chi connectivity index (χ1v) is 6.85. The van der Waals surface area contributed by atoms with Gasteiger partial charge in [-0.25, -0.2) is 0 Å². The van der Waals surface area contributed by atoms with E-state index >= 15 is 0 Å². The molecular weight excluding hydrogens is 240 g/mol. The number of hydrogen-bond acceptors (Lipinski definition) is 3. The molecule has 1 atom stereocenters. The van der Waals surface area contributed by atoms with Gasteiger partial charge in [0, 0.05) is 25.0 Å². The third-order valence-corrected chi connectivity index (χ3v) is 3.34. The number of benzene rings is 1. The van der Waals surface area contributed by atoms with E-state index in [1.807, 2.05) is 18.2 Å². The smallest absolute Gasteiger partial charge is 0.221 e. The van der Waals surface area contributed by atoms with Crippen molar-refractivity contribution in [2.24, 2.45) is 0 Å². The second kappa shape index (κ2) is 6.57. The van der Waals surface area contributed by atoms with Gasteiger partial charge in [0.2, 0.25) is 5.91 Å². The summed E-state index contributed by atoms with van der Waals surface area (Å²) in [5.41, 5.74) is 1.17. The van der Waals surface area contributed by atoms with Crippen LogP contribution in [0.15, 0.2) is 24.3 Å². The SMILES string of the molecule is COc1cccc(C(C)NCCC(=O)NC2CC2)c1. The molecule has 104 valence electrons. The molecule has 0 spiro atoms. The summed E-state index contributed by atoms with van der Waals surface area (Å²) in [4.78, 5) is 11.5. The average molecular weight is 262 g/mol. The maximum absolute atomic E-state index is 11.5. The average Bonchev–Trinajstić information content (AvgIpc) is 3.22. The van der Waals surface area contributed by atoms with E-state index in [0.29, 0.717) is 19.0 Å². The van der Waals surface area contributed by atoms with Crippen LogP contribution < -0.4 is 15.4 Å². The Kier molecular flexibility index (Phi) is 4.80. The van der Waals surface area contributed by atoms with Crippen LogP contribution >= 0.6 is 0 Å². The lowest BCUT2D eigenvalue weighted by Crippen LogP contribution is -2.30. The van der Waals surface area contributed by atoms with Gasteiger partial charge in [0.25, 0.3) is 0 Å². The Balaban J connectivity index is 1.73. The standard InChI is InChI=1S/C15H22N2O2/c1-11(12-4-3-5-14(10-12)19-2)16-9-8-15(18)17-13-6-7-13/h3-5,10-11,13,16H,6-9H2,1-2H3,(H,17,18). The van der Waals surface area contributed by atoms with Gasteiger partial charge in [-0.3, -0.25) is 4.79 Å². The number of hydrogen-bond donors (Lipinski definition) is 2. The molecule has 2 rings (SSSR count). The van der Waals surface area contributed by atoms with Gasteiger partial charge in [-0.15, -0.1) is 0 Å². The lowest BCUT2D eigenvalue weighted by molar-refractivity contribution is -0.121. The van der Waals surface area contributed by atoms with E-state index < -0.39 is 0 Å². The molecule has 0 aliphatic heterocycles. The van der Waals surface area contributed by atoms with Crippen LogP contribution in [0.2, 0.25) is 0 Å². The number of carbonyl (C=O) groups is 1. The quantitative estimate of drug-likeness (QED) is 0.790. The number of amides is 1. The zero-order chi connectivity index (χ0) is 13.7. The summed E-state index contributed by atoms with van der Waals surface area (Å²) < 4.78 is 5.21. The molecule has 0 bridgehead atoms. The zero-order valence-electron chi connectivity index (χ0n) is 11.6. The van der Waals surface area contributed by atoms with Crippen molar-refractivity contribution in [3.05, 3.63) is 29.8 Å². The second-order valence-electron chi connectivity index (χ2n) is 5.04. The van der Waals surface area contributed by atoms with E-state index in [0.717, 1.165) is 18.6 Å². The van der Waals surface area contributed by atoms with Crippen LogP contribution in [0.1, 0.15) is 37.8 Å². The summed E-state index contributed by atoms with van der Waals surface area (Å²) in [5.74, 6) is 1.01. The lowest BCUT2D eigenvalue weighted by atomic mass is 10.1. The van der Waals surface area contributed by atoms with Gasteiger partial charge in [-0.05, 0) is 37.5 Å². The van der Waals surface area contributed by atoms with E-state index in [9.17, 15) is 4.79 Å². The van der Waals surface area contributed by atoms with Crippen LogP contribution in [0.25, 0.3) is 0 Å². The predicted octanol–water partition coefficient (Wildman–Crippen LogP) is 2.01. The predicted molar refractivity (Wildman–Crippen MR) is 75.2 cm³/mol. The topological polar surface area (TPSA) is 50.4 Å². The summed E-state index contributed by atoms with van der Waals surface area (Å²) in [6.45, 7) is 2.78. The highest BCUT2D eigenvalue weighted by Gasteiger charge is 2.22. The van der Waals surface area contributed by atoms with E-state index in [1.54, 1.807) is 7.11 Å². The molecule has 1 unspecified atom stereocenters. The molecule has 1 saturated carbocycles. The van der Waals surface area contributed by atoms with Crippen molar-refractivity contribution in [2.45, 2.75) is 38.3 Å². The van der Waals surface area contributed by atoms with Crippen LogP contribution in [0.5, 0.6) is 5.75 Å². The molecule has 1 aliphatic rings. The van der Waals surface area contributed by atoms with E-state index in [1.165, 1.54) is 5.56 Å². The van der Waals surface area contributed by atoms with Crippen LogP contribution in [0, 0.1) is 0 Å². The Bertz CT molecular complexity index is 430. The lowest BCUT2D eigenvalue weighted by Gasteiger charge is -2.15. The van der Waals surface area contributed by atoms with Crippen molar-refractivity contribution < 1.29 is 9.53 Å². The van der Waals surface area contributed by atoms with Crippen LogP contribution in [-0.4, -0.2) is 25.6 Å². The molecule has 1 fully saturated rings. The van der Waals surface area contributed by atoms with Crippen molar-refractivity contribution in [2.75, 3.05) is 13.7 Å². The largest absolute Gasteiger partial charge is 0.497 e. The van der Waals surface area contributed by atoms with Crippen molar-refractivity contribution in [3.8, 4) is 5.75 Å². The van der Waals surface area contributed by atoms with Gasteiger partial charge in [-0.2, -0.15) is 0 Å². The van der Waals surface area contributed by atoms with Gasteiger partial charge in [0.05, 0.1) is 7.11 Å². The summed E-state index contributed by atoms with van der Waals surface area (Å²) in [6, 6.07) is 8.64. The summed E-state index contributed by atoms with van der Waals surface area (Å²) in [6.07, 6.45) is 2.81. The zero-order valence-corrected chi connectivity index (χ0v) is 11.6. The van der Waals surface area contributed by atoms with Crippen LogP contribution in [0.3, 0.4) is 0 Å². The number of carbonyl (C=O) groups excluding carboxylic acids is 1. The highest BCUT2D eigenvalue weighted by atomic mass is 16.5. The number of ether oxygens (including phenoxy) is 1. The Morgan fingerprint density at radius 1 is 1.47 bits per heavy atom. The van der Waals surface area contributed by atoms with E-state index in [-0.39, 0.29) is 11.9 Å². The molecular formula is C15H22N2O2. The van der Waals surface area contributed by atoms with Crippen molar-refractivity contribution in [3.63, 3.8) is 0 Å². The highest BCUT2D eigenvalue weighted by Crippen LogP contribution is 2.19. The summed E-state index contributed by atoms with van der Waals surface area (Å²) >= 11 is 0. The first-order valence-electron chi connectivity index (χ1n) is 6.85. The Hall–Kier alpha value is -1.55. The monoisotopic (exact) mass is 262 g/mol. The van der Waals surface area contributed by atoms with Gasteiger partial charge < -0.3 is 15.4 Å². The van der Waals surface area contributed by atoms with Gasteiger partial charge in [0.1, 0.15) is 5.75 Å². The highest BCUT2D eigenvalue weighted by molar-refractivity contribution is 5.76. The van der Waals surface area contributed by atoms with Crippen LogP contribution in [0.4, 0.5) is 0 Å². The number of methoxy groups -OCH3 is 1. The molecule has 4 heteroatoms. The van der Waals surface area contributed by atoms with Crippen molar-refractivity contribution >= 4 is 5.91 Å². The minimum Gasteiger partial charge on any atom is -0.497 e. The number of rotatable bonds is 7. The summed E-state index contributed by atoms with van der Waals surface area (Å²) in [7, 11) is 1.67. The van der Waals surface area contributed by atoms with E-state index in [4.69, 9.17) is 4.74 Å². The van der Waals surface area contributed by atoms with Crippen LogP contribution in [-0.2, 0) is 4.79 Å². The molecule has 0 heterocycles. The third kappa shape index (κ3) is 4.56. The van der Waals surface area contributed by atoms with Gasteiger partial charge in [0.15, 0.2) is 0 Å². The molecule has 1 aliphatic carbocycles. The molecule has 0 saturated heterocycles. The normalized spacial score (nSPS) is 15.9. The molecule has 2 N–H and O–H groups in total. The molecule has 1 aromatic rings. The van der Waals surface area contributed by atoms with Crippen molar-refractivity contribution in [1.29, 1.82) is 0 Å². The first kappa shape index (κ1) is 13.9. The molecule has 4 nitrogen and oxygen atoms in total.